The molecule has 0 spiro atoms. The molecule has 0 atom stereocenters. The number of hydrogen-bond donors (Lipinski definition) is 0. The fraction of sp³-hybridized carbons (Fsp3) is 0.348. The normalized spacial score (nSPS) is 11.2. The Kier molecular flexibility index (Phi) is 7.33. The minimum Gasteiger partial charge on any atom is -0.489 e. The molecule has 0 amide bonds. The lowest BCUT2D eigenvalue weighted by molar-refractivity contribution is -0.0515. The Morgan fingerprint density at radius 1 is 1.19 bits per heavy atom. The number of rotatable bonds is 10. The van der Waals surface area contributed by atoms with Crippen LogP contribution in [-0.2, 0) is 6.42 Å². The zero-order chi connectivity index (χ0) is 22.4. The van der Waals surface area contributed by atoms with Crippen molar-refractivity contribution in [3.63, 3.8) is 0 Å². The molecule has 0 saturated carbocycles. The smallest absolute Gasteiger partial charge is 0.387 e. The number of aromatic nitrogens is 2. The van der Waals surface area contributed by atoms with Crippen LogP contribution in [0.1, 0.15) is 42.0 Å². The molecule has 0 N–H and O–H groups in total. The van der Waals surface area contributed by atoms with Crippen molar-refractivity contribution < 1.29 is 27.5 Å². The Hall–Kier alpha value is -3.29. The highest BCUT2D eigenvalue weighted by Crippen LogP contribution is 2.34. The first kappa shape index (κ1) is 22.4. The average molecular weight is 430 g/mol. The number of Topliss-reactive ketones (excluding diaryl/α,β-unsaturated/α-hetero) is 1. The van der Waals surface area contributed by atoms with E-state index < -0.39 is 6.61 Å². The van der Waals surface area contributed by atoms with Crippen LogP contribution in [0, 0.1) is 12.8 Å². The van der Waals surface area contributed by atoms with E-state index in [1.165, 1.54) is 12.3 Å². The van der Waals surface area contributed by atoms with Crippen LogP contribution in [0.3, 0.4) is 0 Å². The quantitative estimate of drug-likeness (QED) is 0.396. The average Bonchev–Trinajstić information content (AvgIpc) is 3.20. The predicted octanol–water partition coefficient (Wildman–Crippen LogP) is 5.50. The van der Waals surface area contributed by atoms with Crippen molar-refractivity contribution in [2.45, 2.75) is 40.2 Å². The molecule has 3 rings (SSSR count). The summed E-state index contributed by atoms with van der Waals surface area (Å²) in [5, 5.41) is 0. The van der Waals surface area contributed by atoms with Crippen LogP contribution in [0.15, 0.2) is 47.2 Å². The van der Waals surface area contributed by atoms with Crippen molar-refractivity contribution in [2.75, 3.05) is 6.61 Å². The van der Waals surface area contributed by atoms with Gasteiger partial charge in [-0.25, -0.2) is 4.98 Å². The maximum atomic E-state index is 12.7. The van der Waals surface area contributed by atoms with Crippen LogP contribution in [0.2, 0.25) is 0 Å². The Morgan fingerprint density at radius 2 is 2.00 bits per heavy atom. The molecule has 3 aromatic rings. The van der Waals surface area contributed by atoms with Gasteiger partial charge in [0.05, 0.1) is 12.3 Å². The van der Waals surface area contributed by atoms with Gasteiger partial charge in [0.2, 0.25) is 5.89 Å². The number of ketones is 1. The number of ether oxygens (including phenoxy) is 2. The highest BCUT2D eigenvalue weighted by atomic mass is 19.3. The first-order chi connectivity index (χ1) is 14.8. The summed E-state index contributed by atoms with van der Waals surface area (Å²) in [6.45, 7) is 3.13. The molecule has 0 radical (unpaired) electrons. The maximum absolute atomic E-state index is 12.7. The SMILES string of the molecule is Cc1cccnc1C(=O)CCc1coc(-c2ccc(OC(F)F)c(OCC(C)C)c2)n1. The number of nitrogens with zero attached hydrogens (tertiary/aromatic N) is 2. The summed E-state index contributed by atoms with van der Waals surface area (Å²) >= 11 is 0. The third-order valence-corrected chi connectivity index (χ3v) is 4.41. The van der Waals surface area contributed by atoms with Crippen LogP contribution in [0.25, 0.3) is 11.5 Å². The number of hydrogen-bond acceptors (Lipinski definition) is 6. The molecule has 31 heavy (non-hydrogen) atoms. The van der Waals surface area contributed by atoms with Gasteiger partial charge in [0.1, 0.15) is 12.0 Å². The standard InChI is InChI=1S/C23H24F2N2O4/c1-14(2)12-29-20-11-16(6-9-19(20)31-23(24)25)22-27-17(13-30-22)7-8-18(28)21-15(3)5-4-10-26-21/h4-6,9-11,13-14,23H,7-8,12H2,1-3H3. The fourth-order valence-electron chi connectivity index (χ4n) is 2.90. The predicted molar refractivity (Wildman–Crippen MR) is 111 cm³/mol. The molecular weight excluding hydrogens is 406 g/mol. The first-order valence-electron chi connectivity index (χ1n) is 9.94. The number of halogens is 2. The molecule has 2 heterocycles. The molecule has 2 aromatic heterocycles. The minimum atomic E-state index is -2.96. The highest BCUT2D eigenvalue weighted by molar-refractivity contribution is 5.95. The number of alkyl halides is 2. The summed E-state index contributed by atoms with van der Waals surface area (Å²) in [4.78, 5) is 21.0. The Balaban J connectivity index is 1.72. The van der Waals surface area contributed by atoms with Gasteiger partial charge >= 0.3 is 6.61 Å². The third-order valence-electron chi connectivity index (χ3n) is 4.41. The number of oxazole rings is 1. The van der Waals surface area contributed by atoms with Gasteiger partial charge in [-0.3, -0.25) is 9.78 Å². The molecule has 0 saturated heterocycles. The summed E-state index contributed by atoms with van der Waals surface area (Å²) in [6.07, 6.45) is 3.70. The largest absolute Gasteiger partial charge is 0.489 e. The summed E-state index contributed by atoms with van der Waals surface area (Å²) in [6, 6.07) is 8.14. The molecule has 0 unspecified atom stereocenters. The molecule has 164 valence electrons. The molecule has 0 aliphatic carbocycles. The van der Waals surface area contributed by atoms with Crippen LogP contribution < -0.4 is 9.47 Å². The zero-order valence-corrected chi connectivity index (χ0v) is 17.6. The van der Waals surface area contributed by atoms with Crippen molar-refractivity contribution in [3.8, 4) is 23.0 Å². The van der Waals surface area contributed by atoms with E-state index in [-0.39, 0.29) is 29.6 Å². The number of benzene rings is 1. The fourth-order valence-corrected chi connectivity index (χ4v) is 2.90. The lowest BCUT2D eigenvalue weighted by Gasteiger charge is -2.14. The molecule has 8 heteroatoms. The maximum Gasteiger partial charge on any atom is 0.387 e. The lowest BCUT2D eigenvalue weighted by Crippen LogP contribution is -2.08. The Labute approximate surface area is 179 Å². The van der Waals surface area contributed by atoms with Gasteiger partial charge in [-0.15, -0.1) is 0 Å². The van der Waals surface area contributed by atoms with Gasteiger partial charge in [0, 0.05) is 24.6 Å². The Morgan fingerprint density at radius 3 is 2.71 bits per heavy atom. The van der Waals surface area contributed by atoms with E-state index in [1.54, 1.807) is 24.4 Å². The van der Waals surface area contributed by atoms with Crippen molar-refractivity contribution in [2.24, 2.45) is 5.92 Å². The van der Waals surface area contributed by atoms with E-state index in [0.717, 1.165) is 5.56 Å². The van der Waals surface area contributed by atoms with Gasteiger partial charge in [0.15, 0.2) is 17.3 Å². The van der Waals surface area contributed by atoms with Crippen LogP contribution in [0.5, 0.6) is 11.5 Å². The Bertz CT molecular complexity index is 1030. The lowest BCUT2D eigenvalue weighted by atomic mass is 10.1. The molecule has 0 fully saturated rings. The number of pyridine rings is 1. The van der Waals surface area contributed by atoms with Crippen LogP contribution in [0.4, 0.5) is 8.78 Å². The monoisotopic (exact) mass is 430 g/mol. The second kappa shape index (κ2) is 10.1. The van der Waals surface area contributed by atoms with E-state index >= 15 is 0 Å². The summed E-state index contributed by atoms with van der Waals surface area (Å²) in [5.74, 6) is 0.571. The van der Waals surface area contributed by atoms with Crippen LogP contribution >= 0.6 is 0 Å². The molecule has 0 bridgehead atoms. The summed E-state index contributed by atoms with van der Waals surface area (Å²) < 4.78 is 41.1. The van der Waals surface area contributed by atoms with E-state index in [4.69, 9.17) is 9.15 Å². The second-order valence-corrected chi connectivity index (χ2v) is 7.48. The first-order valence-corrected chi connectivity index (χ1v) is 9.94. The third kappa shape index (κ3) is 6.10. The molecule has 0 aliphatic heterocycles. The van der Waals surface area contributed by atoms with Crippen molar-refractivity contribution in [3.05, 3.63) is 59.7 Å². The van der Waals surface area contributed by atoms with E-state index in [0.29, 0.717) is 35.9 Å². The molecule has 0 aliphatic rings. The van der Waals surface area contributed by atoms with Gasteiger partial charge in [0.25, 0.3) is 0 Å². The van der Waals surface area contributed by atoms with E-state index in [1.807, 2.05) is 26.8 Å². The van der Waals surface area contributed by atoms with E-state index in [2.05, 4.69) is 14.7 Å². The van der Waals surface area contributed by atoms with Crippen molar-refractivity contribution in [1.29, 1.82) is 0 Å². The summed E-state index contributed by atoms with van der Waals surface area (Å²) in [5.41, 5.74) is 2.44. The van der Waals surface area contributed by atoms with Crippen molar-refractivity contribution in [1.82, 2.24) is 9.97 Å². The minimum absolute atomic E-state index is 0.0532. The van der Waals surface area contributed by atoms with Gasteiger partial charge < -0.3 is 13.9 Å². The van der Waals surface area contributed by atoms with Gasteiger partial charge in [-0.1, -0.05) is 19.9 Å². The number of aryl methyl sites for hydroxylation is 2. The molecule has 6 nitrogen and oxygen atoms in total. The number of carbonyl (C=O) groups is 1. The zero-order valence-electron chi connectivity index (χ0n) is 17.6. The van der Waals surface area contributed by atoms with Gasteiger partial charge in [-0.05, 0) is 42.7 Å². The van der Waals surface area contributed by atoms with Crippen LogP contribution in [-0.4, -0.2) is 29.0 Å². The molecule has 1 aromatic carbocycles. The highest BCUT2D eigenvalue weighted by Gasteiger charge is 2.16. The van der Waals surface area contributed by atoms with E-state index in [9.17, 15) is 13.6 Å². The topological polar surface area (TPSA) is 74.5 Å². The second-order valence-electron chi connectivity index (χ2n) is 7.48. The van der Waals surface area contributed by atoms with Crippen molar-refractivity contribution >= 4 is 5.78 Å². The summed E-state index contributed by atoms with van der Waals surface area (Å²) in [7, 11) is 0. The van der Waals surface area contributed by atoms with Gasteiger partial charge in [-0.2, -0.15) is 8.78 Å². The molecular formula is C23H24F2N2O4. The number of carbonyl (C=O) groups excluding carboxylic acids is 1.